The molecule has 3 unspecified atom stereocenters. The van der Waals surface area contributed by atoms with E-state index in [0.717, 1.165) is 0 Å². The van der Waals surface area contributed by atoms with Crippen molar-refractivity contribution in [1.82, 2.24) is 0 Å². The van der Waals surface area contributed by atoms with E-state index in [1.807, 2.05) is 12.1 Å². The third-order valence-corrected chi connectivity index (χ3v) is 2.94. The minimum atomic E-state index is -1.26. The molecule has 0 saturated heterocycles. The molecule has 0 fully saturated rings. The average molecular weight is 294 g/mol. The number of aliphatic carboxylic acids is 2. The van der Waals surface area contributed by atoms with Gasteiger partial charge in [0, 0.05) is 12.8 Å². The summed E-state index contributed by atoms with van der Waals surface area (Å²) in [6.07, 6.45) is -0.198. The molecular weight excluding hydrogens is 276 g/mol. The standard InChI is InChI=1S/C13H18N4O4/c1-9(10(7-14)3-4-11(18)19)16-17-13(2,8-15)6-5-12(20)21/h9-10H,3-6H2,1-2H3,(H,18,19)(H,20,21). The highest BCUT2D eigenvalue weighted by Crippen LogP contribution is 2.20. The minimum Gasteiger partial charge on any atom is -0.481 e. The third kappa shape index (κ3) is 7.63. The number of carboxylic acid groups (broad SMARTS) is 2. The van der Waals surface area contributed by atoms with Gasteiger partial charge in [0.05, 0.1) is 24.1 Å². The van der Waals surface area contributed by atoms with E-state index in [1.165, 1.54) is 6.92 Å². The molecule has 0 aromatic rings. The summed E-state index contributed by atoms with van der Waals surface area (Å²) < 4.78 is 0. The Labute approximate surface area is 122 Å². The van der Waals surface area contributed by atoms with Crippen LogP contribution in [0.4, 0.5) is 0 Å². The van der Waals surface area contributed by atoms with Gasteiger partial charge >= 0.3 is 11.9 Å². The topological polar surface area (TPSA) is 147 Å². The monoisotopic (exact) mass is 294 g/mol. The molecule has 3 atom stereocenters. The predicted octanol–water partition coefficient (Wildman–Crippen LogP) is 1.98. The highest BCUT2D eigenvalue weighted by Gasteiger charge is 2.26. The number of hydrogen-bond donors (Lipinski definition) is 2. The van der Waals surface area contributed by atoms with Crippen LogP contribution in [-0.4, -0.2) is 33.7 Å². The van der Waals surface area contributed by atoms with Gasteiger partial charge in [0.1, 0.15) is 0 Å². The molecule has 0 amide bonds. The predicted molar refractivity (Wildman–Crippen MR) is 71.2 cm³/mol. The molecule has 0 aliphatic heterocycles. The molecule has 0 radical (unpaired) electrons. The fraction of sp³-hybridized carbons (Fsp3) is 0.692. The Kier molecular flexibility index (Phi) is 7.62. The molecule has 8 nitrogen and oxygen atoms in total. The zero-order valence-electron chi connectivity index (χ0n) is 12.0. The second-order valence-corrected chi connectivity index (χ2v) is 4.90. The van der Waals surface area contributed by atoms with Gasteiger partial charge in [-0.05, 0) is 26.7 Å². The molecular formula is C13H18N4O4. The van der Waals surface area contributed by atoms with Crippen molar-refractivity contribution in [2.24, 2.45) is 16.1 Å². The summed E-state index contributed by atoms with van der Waals surface area (Å²) in [6.45, 7) is 3.07. The van der Waals surface area contributed by atoms with Crippen molar-refractivity contribution in [3.63, 3.8) is 0 Å². The second-order valence-electron chi connectivity index (χ2n) is 4.90. The van der Waals surface area contributed by atoms with Crippen molar-refractivity contribution < 1.29 is 19.8 Å². The number of azo groups is 1. The molecule has 0 aliphatic carbocycles. The van der Waals surface area contributed by atoms with Gasteiger partial charge in [0.25, 0.3) is 0 Å². The summed E-state index contributed by atoms with van der Waals surface area (Å²) in [7, 11) is 0. The fourth-order valence-corrected chi connectivity index (χ4v) is 1.47. The Bertz CT molecular complexity index is 491. The summed E-state index contributed by atoms with van der Waals surface area (Å²) in [5, 5.41) is 43.0. The van der Waals surface area contributed by atoms with Crippen LogP contribution >= 0.6 is 0 Å². The van der Waals surface area contributed by atoms with E-state index in [2.05, 4.69) is 10.2 Å². The van der Waals surface area contributed by atoms with Gasteiger partial charge in [-0.3, -0.25) is 9.59 Å². The molecule has 0 spiro atoms. The first-order valence-corrected chi connectivity index (χ1v) is 6.40. The first kappa shape index (κ1) is 18.5. The maximum Gasteiger partial charge on any atom is 0.303 e. The van der Waals surface area contributed by atoms with E-state index in [4.69, 9.17) is 20.7 Å². The number of carboxylic acids is 2. The van der Waals surface area contributed by atoms with Crippen molar-refractivity contribution in [2.75, 3.05) is 0 Å². The lowest BCUT2D eigenvalue weighted by Gasteiger charge is -2.16. The molecule has 8 heteroatoms. The molecule has 0 heterocycles. The van der Waals surface area contributed by atoms with Crippen molar-refractivity contribution in [2.45, 2.75) is 51.1 Å². The smallest absolute Gasteiger partial charge is 0.303 e. The molecule has 0 saturated carbocycles. The Hall–Kier alpha value is -2.48. The van der Waals surface area contributed by atoms with Crippen LogP contribution in [0, 0.1) is 28.6 Å². The van der Waals surface area contributed by atoms with E-state index in [1.54, 1.807) is 6.92 Å². The Morgan fingerprint density at radius 1 is 1.24 bits per heavy atom. The molecule has 0 bridgehead atoms. The largest absolute Gasteiger partial charge is 0.481 e. The number of nitriles is 2. The van der Waals surface area contributed by atoms with Crippen molar-refractivity contribution in [3.05, 3.63) is 0 Å². The van der Waals surface area contributed by atoms with Crippen LogP contribution < -0.4 is 0 Å². The maximum absolute atomic E-state index is 10.5. The summed E-state index contributed by atoms with van der Waals surface area (Å²) >= 11 is 0. The number of rotatable bonds is 9. The van der Waals surface area contributed by atoms with Crippen LogP contribution in [0.1, 0.15) is 39.5 Å². The molecule has 114 valence electrons. The van der Waals surface area contributed by atoms with Gasteiger partial charge < -0.3 is 10.2 Å². The maximum atomic E-state index is 10.5. The summed E-state index contributed by atoms with van der Waals surface area (Å²) in [6, 6.07) is 3.30. The molecule has 0 aromatic heterocycles. The lowest BCUT2D eigenvalue weighted by Crippen LogP contribution is -2.22. The van der Waals surface area contributed by atoms with Gasteiger partial charge in [-0.1, -0.05) is 0 Å². The van der Waals surface area contributed by atoms with Crippen LogP contribution in [0.15, 0.2) is 10.2 Å². The van der Waals surface area contributed by atoms with E-state index >= 15 is 0 Å². The SMILES string of the molecule is CC(N=NC(C)(C#N)CCC(=O)O)C(C#N)CCC(=O)O. The van der Waals surface area contributed by atoms with Crippen molar-refractivity contribution in [3.8, 4) is 12.1 Å². The first-order valence-electron chi connectivity index (χ1n) is 6.40. The van der Waals surface area contributed by atoms with Crippen molar-refractivity contribution >= 4 is 11.9 Å². The highest BCUT2D eigenvalue weighted by atomic mass is 16.4. The Balaban J connectivity index is 4.73. The Morgan fingerprint density at radius 3 is 2.24 bits per heavy atom. The lowest BCUT2D eigenvalue weighted by molar-refractivity contribution is -0.138. The van der Waals surface area contributed by atoms with Gasteiger partial charge in [-0.15, -0.1) is 0 Å². The summed E-state index contributed by atoms with van der Waals surface area (Å²) in [5.74, 6) is -2.65. The van der Waals surface area contributed by atoms with Gasteiger partial charge in [0.2, 0.25) is 0 Å². The molecule has 2 N–H and O–H groups in total. The normalized spacial score (nSPS) is 16.4. The van der Waals surface area contributed by atoms with Crippen LogP contribution in [0.2, 0.25) is 0 Å². The number of nitrogens with zero attached hydrogens (tertiary/aromatic N) is 4. The van der Waals surface area contributed by atoms with Gasteiger partial charge in [-0.2, -0.15) is 20.8 Å². The zero-order chi connectivity index (χ0) is 16.5. The average Bonchev–Trinajstić information content (AvgIpc) is 2.43. The molecule has 0 rings (SSSR count). The second kappa shape index (κ2) is 8.64. The summed E-state index contributed by atoms with van der Waals surface area (Å²) in [4.78, 5) is 21.0. The zero-order valence-corrected chi connectivity index (χ0v) is 12.0. The van der Waals surface area contributed by atoms with Crippen molar-refractivity contribution in [1.29, 1.82) is 10.5 Å². The van der Waals surface area contributed by atoms with Crippen LogP contribution in [0.25, 0.3) is 0 Å². The molecule has 21 heavy (non-hydrogen) atoms. The molecule has 0 aromatic carbocycles. The first-order chi connectivity index (χ1) is 9.74. The highest BCUT2D eigenvalue weighted by molar-refractivity contribution is 5.67. The Morgan fingerprint density at radius 2 is 1.81 bits per heavy atom. The van der Waals surface area contributed by atoms with E-state index in [0.29, 0.717) is 0 Å². The van der Waals surface area contributed by atoms with Gasteiger partial charge in [-0.25, -0.2) is 0 Å². The van der Waals surface area contributed by atoms with E-state index in [-0.39, 0.29) is 25.7 Å². The lowest BCUT2D eigenvalue weighted by atomic mass is 9.97. The number of hydrogen-bond acceptors (Lipinski definition) is 6. The fourth-order valence-electron chi connectivity index (χ4n) is 1.47. The van der Waals surface area contributed by atoms with Crippen LogP contribution in [-0.2, 0) is 9.59 Å². The van der Waals surface area contributed by atoms with Crippen LogP contribution in [0.5, 0.6) is 0 Å². The van der Waals surface area contributed by atoms with E-state index < -0.39 is 29.4 Å². The third-order valence-electron chi connectivity index (χ3n) is 2.94. The molecule has 0 aliphatic rings. The minimum absolute atomic E-state index is 0.0153. The van der Waals surface area contributed by atoms with Crippen LogP contribution in [0.3, 0.4) is 0 Å². The van der Waals surface area contributed by atoms with E-state index in [9.17, 15) is 9.59 Å². The summed E-state index contributed by atoms with van der Waals surface area (Å²) in [5.41, 5.74) is -1.26. The quantitative estimate of drug-likeness (QED) is 0.621. The number of carbonyl (C=O) groups is 2. The van der Waals surface area contributed by atoms with Gasteiger partial charge in [0.15, 0.2) is 5.54 Å².